The van der Waals surface area contributed by atoms with Gasteiger partial charge in [0, 0.05) is 18.0 Å². The first-order chi connectivity index (χ1) is 16.0. The van der Waals surface area contributed by atoms with Crippen molar-refractivity contribution in [2.75, 3.05) is 11.9 Å². The van der Waals surface area contributed by atoms with Crippen molar-refractivity contribution in [1.82, 2.24) is 9.55 Å². The summed E-state index contributed by atoms with van der Waals surface area (Å²) in [6, 6.07) is 17.5. The van der Waals surface area contributed by atoms with E-state index in [9.17, 15) is 4.79 Å². The van der Waals surface area contributed by atoms with Crippen LogP contribution >= 0.6 is 11.8 Å². The lowest BCUT2D eigenvalue weighted by Crippen LogP contribution is -2.23. The highest BCUT2D eigenvalue weighted by Gasteiger charge is 2.23. The number of hydrogen-bond acceptors (Lipinski definition) is 5. The van der Waals surface area contributed by atoms with Crippen LogP contribution in [0, 0.1) is 13.8 Å². The maximum absolute atomic E-state index is 12.8. The molecule has 0 aliphatic carbocycles. The molecule has 174 valence electrons. The normalized spacial score (nSPS) is 16.5. The minimum Gasteiger partial charge on any atom is -0.489 e. The summed E-state index contributed by atoms with van der Waals surface area (Å²) in [6.07, 6.45) is 2.40. The molecular formula is C26H31N3O3S. The molecule has 1 amide bonds. The van der Waals surface area contributed by atoms with E-state index < -0.39 is 0 Å². The van der Waals surface area contributed by atoms with Crippen molar-refractivity contribution < 1.29 is 14.3 Å². The Balaban J connectivity index is 1.33. The minimum absolute atomic E-state index is 0.0556. The number of imidazole rings is 1. The molecule has 1 aliphatic heterocycles. The molecule has 0 radical (unpaired) electrons. The Morgan fingerprint density at radius 3 is 2.67 bits per heavy atom. The highest BCUT2D eigenvalue weighted by Crippen LogP contribution is 2.28. The number of rotatable bonds is 9. The van der Waals surface area contributed by atoms with Gasteiger partial charge in [-0.3, -0.25) is 4.79 Å². The lowest BCUT2D eigenvalue weighted by atomic mass is 10.2. The van der Waals surface area contributed by atoms with E-state index in [2.05, 4.69) is 16.8 Å². The number of thioether (sulfide) groups is 1. The standard InChI is InChI=1S/C26H31N3O3S/c1-18-19(2)29(16-24-10-7-15-31-24)26(27-18)33-20(3)25(30)28-22-11-13-23(14-12-22)32-17-21-8-5-4-6-9-21/h4-6,8-9,11-14,20,24H,7,10,15-17H2,1-3H3,(H,28,30). The molecule has 7 heteroatoms. The lowest BCUT2D eigenvalue weighted by Gasteiger charge is -2.17. The number of anilines is 1. The van der Waals surface area contributed by atoms with Gasteiger partial charge in [-0.25, -0.2) is 4.98 Å². The molecule has 4 rings (SSSR count). The number of carbonyl (C=O) groups excluding carboxylic acids is 1. The molecule has 2 atom stereocenters. The Kier molecular flexibility index (Phi) is 7.73. The molecule has 0 spiro atoms. The summed E-state index contributed by atoms with van der Waals surface area (Å²) in [6.45, 7) is 8.12. The molecule has 2 aromatic carbocycles. The van der Waals surface area contributed by atoms with Crippen molar-refractivity contribution in [3.05, 3.63) is 71.5 Å². The van der Waals surface area contributed by atoms with E-state index in [0.717, 1.165) is 59.5 Å². The quantitative estimate of drug-likeness (QED) is 0.430. The van der Waals surface area contributed by atoms with Gasteiger partial charge in [0.25, 0.3) is 0 Å². The number of benzene rings is 2. The fourth-order valence-electron chi connectivity index (χ4n) is 3.75. The van der Waals surface area contributed by atoms with Crippen molar-refractivity contribution >= 4 is 23.4 Å². The van der Waals surface area contributed by atoms with E-state index in [4.69, 9.17) is 14.5 Å². The second-order valence-electron chi connectivity index (χ2n) is 8.36. The number of aryl methyl sites for hydroxylation is 1. The van der Waals surface area contributed by atoms with Crippen molar-refractivity contribution in [3.8, 4) is 5.75 Å². The van der Waals surface area contributed by atoms with Gasteiger partial charge in [0.05, 0.1) is 23.6 Å². The van der Waals surface area contributed by atoms with Crippen LogP contribution in [0.4, 0.5) is 5.69 Å². The molecule has 33 heavy (non-hydrogen) atoms. The monoisotopic (exact) mass is 465 g/mol. The van der Waals surface area contributed by atoms with Crippen LogP contribution < -0.4 is 10.1 Å². The van der Waals surface area contributed by atoms with E-state index in [-0.39, 0.29) is 17.3 Å². The molecule has 1 aromatic heterocycles. The third kappa shape index (κ3) is 6.18. The Morgan fingerprint density at radius 1 is 1.21 bits per heavy atom. The van der Waals surface area contributed by atoms with Crippen molar-refractivity contribution in [2.24, 2.45) is 0 Å². The molecule has 1 N–H and O–H groups in total. The summed E-state index contributed by atoms with van der Waals surface area (Å²) >= 11 is 1.48. The van der Waals surface area contributed by atoms with E-state index in [1.807, 2.05) is 68.4 Å². The maximum atomic E-state index is 12.8. The van der Waals surface area contributed by atoms with Crippen LogP contribution in [0.2, 0.25) is 0 Å². The van der Waals surface area contributed by atoms with Crippen LogP contribution in [0.3, 0.4) is 0 Å². The fraction of sp³-hybridized carbons (Fsp3) is 0.385. The van der Waals surface area contributed by atoms with E-state index >= 15 is 0 Å². The highest BCUT2D eigenvalue weighted by molar-refractivity contribution is 8.00. The molecule has 2 heterocycles. The van der Waals surface area contributed by atoms with Gasteiger partial charge in [-0.15, -0.1) is 0 Å². The number of aromatic nitrogens is 2. The van der Waals surface area contributed by atoms with Crippen LogP contribution in [-0.2, 0) is 22.7 Å². The molecule has 6 nitrogen and oxygen atoms in total. The molecule has 2 unspecified atom stereocenters. The number of amides is 1. The predicted molar refractivity (Wildman–Crippen MR) is 132 cm³/mol. The Bertz CT molecular complexity index is 1060. The van der Waals surface area contributed by atoms with Crippen LogP contribution in [0.15, 0.2) is 59.8 Å². The molecule has 0 bridgehead atoms. The van der Waals surface area contributed by atoms with Crippen LogP contribution in [0.1, 0.15) is 36.7 Å². The third-order valence-corrected chi connectivity index (χ3v) is 6.94. The van der Waals surface area contributed by atoms with Gasteiger partial charge in [0.15, 0.2) is 5.16 Å². The van der Waals surface area contributed by atoms with E-state index in [1.54, 1.807) is 0 Å². The first-order valence-corrected chi connectivity index (χ1v) is 12.3. The first kappa shape index (κ1) is 23.4. The average Bonchev–Trinajstić information content (AvgIpc) is 3.43. The van der Waals surface area contributed by atoms with Gasteiger partial charge >= 0.3 is 0 Å². The molecule has 1 saturated heterocycles. The average molecular weight is 466 g/mol. The first-order valence-electron chi connectivity index (χ1n) is 11.4. The zero-order valence-electron chi connectivity index (χ0n) is 19.4. The SMILES string of the molecule is Cc1nc(SC(C)C(=O)Nc2ccc(OCc3ccccc3)cc2)n(CC2CCCO2)c1C. The van der Waals surface area contributed by atoms with Crippen molar-refractivity contribution in [2.45, 2.75) is 63.3 Å². The summed E-state index contributed by atoms with van der Waals surface area (Å²) in [5.41, 5.74) is 3.99. The van der Waals surface area contributed by atoms with Gasteiger partial charge in [-0.2, -0.15) is 0 Å². The second-order valence-corrected chi connectivity index (χ2v) is 9.67. The minimum atomic E-state index is -0.288. The molecule has 1 aliphatic rings. The number of nitrogens with one attached hydrogen (secondary N) is 1. The Labute approximate surface area is 199 Å². The maximum Gasteiger partial charge on any atom is 0.237 e. The smallest absolute Gasteiger partial charge is 0.237 e. The molecule has 3 aromatic rings. The largest absolute Gasteiger partial charge is 0.489 e. The second kappa shape index (κ2) is 10.9. The number of nitrogens with zero attached hydrogens (tertiary/aromatic N) is 2. The number of carbonyl (C=O) groups is 1. The molecule has 0 saturated carbocycles. The van der Waals surface area contributed by atoms with Gasteiger partial charge in [0.1, 0.15) is 12.4 Å². The summed E-state index contributed by atoms with van der Waals surface area (Å²) in [4.78, 5) is 17.5. The fourth-order valence-corrected chi connectivity index (χ4v) is 4.76. The van der Waals surface area contributed by atoms with Crippen molar-refractivity contribution in [3.63, 3.8) is 0 Å². The Morgan fingerprint density at radius 2 is 1.97 bits per heavy atom. The Hall–Kier alpha value is -2.77. The van der Waals surface area contributed by atoms with E-state index in [1.165, 1.54) is 11.8 Å². The van der Waals surface area contributed by atoms with Gasteiger partial charge in [-0.05, 0) is 63.4 Å². The van der Waals surface area contributed by atoms with Gasteiger partial charge < -0.3 is 19.4 Å². The van der Waals surface area contributed by atoms with Crippen LogP contribution in [0.25, 0.3) is 0 Å². The van der Waals surface area contributed by atoms with Crippen molar-refractivity contribution in [1.29, 1.82) is 0 Å². The van der Waals surface area contributed by atoms with Gasteiger partial charge in [-0.1, -0.05) is 42.1 Å². The third-order valence-electron chi connectivity index (χ3n) is 5.85. The zero-order valence-corrected chi connectivity index (χ0v) is 20.2. The van der Waals surface area contributed by atoms with Crippen LogP contribution in [-0.4, -0.2) is 33.4 Å². The van der Waals surface area contributed by atoms with E-state index in [0.29, 0.717) is 6.61 Å². The summed E-state index contributed by atoms with van der Waals surface area (Å²) in [7, 11) is 0. The lowest BCUT2D eigenvalue weighted by molar-refractivity contribution is -0.115. The van der Waals surface area contributed by atoms with Crippen LogP contribution in [0.5, 0.6) is 5.75 Å². The topological polar surface area (TPSA) is 65.4 Å². The highest BCUT2D eigenvalue weighted by atomic mass is 32.2. The molecule has 1 fully saturated rings. The van der Waals surface area contributed by atoms with Gasteiger partial charge in [0.2, 0.25) is 5.91 Å². The zero-order chi connectivity index (χ0) is 23.2. The molecular weight excluding hydrogens is 434 g/mol. The summed E-state index contributed by atoms with van der Waals surface area (Å²) in [5, 5.41) is 3.58. The summed E-state index contributed by atoms with van der Waals surface area (Å²) in [5.74, 6) is 0.710. The number of hydrogen-bond donors (Lipinski definition) is 1. The predicted octanol–water partition coefficient (Wildman–Crippen LogP) is 5.38. The number of ether oxygens (including phenoxy) is 2. The summed E-state index contributed by atoms with van der Waals surface area (Å²) < 4.78 is 13.8.